The molecule has 0 aromatic heterocycles. The van der Waals surface area contributed by atoms with Crippen LogP contribution in [0.5, 0.6) is 0 Å². The fourth-order valence-electron chi connectivity index (χ4n) is 2.65. The molecular formula is C16H33N3O2. The number of hydrogen-bond donors (Lipinski definition) is 1. The van der Waals surface area contributed by atoms with Crippen LogP contribution in [0.2, 0.25) is 0 Å². The maximum absolute atomic E-state index is 12.2. The summed E-state index contributed by atoms with van der Waals surface area (Å²) in [5.74, 6) is 0. The minimum atomic E-state index is -0.416. The number of carbonyl (C=O) groups excluding carboxylic acids is 1. The summed E-state index contributed by atoms with van der Waals surface area (Å²) in [6.45, 7) is 16.0. The van der Waals surface area contributed by atoms with Crippen LogP contribution in [0, 0.1) is 0 Å². The third kappa shape index (κ3) is 6.66. The van der Waals surface area contributed by atoms with E-state index in [4.69, 9.17) is 4.74 Å². The van der Waals surface area contributed by atoms with Crippen LogP contribution in [-0.2, 0) is 4.74 Å². The second-order valence-corrected chi connectivity index (χ2v) is 6.70. The van der Waals surface area contributed by atoms with Gasteiger partial charge in [-0.2, -0.15) is 0 Å². The average molecular weight is 299 g/mol. The van der Waals surface area contributed by atoms with Gasteiger partial charge in [-0.15, -0.1) is 0 Å². The van der Waals surface area contributed by atoms with E-state index in [0.29, 0.717) is 0 Å². The normalized spacial score (nSPS) is 19.3. The van der Waals surface area contributed by atoms with Crippen molar-refractivity contribution in [3.8, 4) is 0 Å². The van der Waals surface area contributed by atoms with Gasteiger partial charge in [0.25, 0.3) is 0 Å². The second kappa shape index (κ2) is 8.59. The quantitative estimate of drug-likeness (QED) is 0.733. The highest BCUT2D eigenvalue weighted by Crippen LogP contribution is 2.20. The van der Waals surface area contributed by atoms with Crippen LogP contribution in [0.3, 0.4) is 0 Å². The zero-order valence-electron chi connectivity index (χ0n) is 14.4. The molecule has 1 amide bonds. The number of rotatable bonds is 7. The minimum absolute atomic E-state index is 0.171. The molecule has 5 nitrogen and oxygen atoms in total. The van der Waals surface area contributed by atoms with Crippen molar-refractivity contribution in [3.63, 3.8) is 0 Å². The van der Waals surface area contributed by atoms with Gasteiger partial charge < -0.3 is 19.9 Å². The van der Waals surface area contributed by atoms with Gasteiger partial charge in [0.05, 0.1) is 0 Å². The largest absolute Gasteiger partial charge is 0.444 e. The Morgan fingerprint density at radius 2 is 2.00 bits per heavy atom. The fourth-order valence-corrected chi connectivity index (χ4v) is 2.65. The topological polar surface area (TPSA) is 44.8 Å². The van der Waals surface area contributed by atoms with E-state index in [1.165, 1.54) is 0 Å². The Kier molecular flexibility index (Phi) is 7.46. The molecule has 1 fully saturated rings. The maximum Gasteiger partial charge on any atom is 0.410 e. The average Bonchev–Trinajstić information content (AvgIpc) is 2.85. The Morgan fingerprint density at radius 1 is 1.33 bits per heavy atom. The number of likely N-dealkylation sites (tertiary alicyclic amines) is 1. The summed E-state index contributed by atoms with van der Waals surface area (Å²) in [4.78, 5) is 16.5. The van der Waals surface area contributed by atoms with Crippen LogP contribution in [0.4, 0.5) is 4.79 Å². The van der Waals surface area contributed by atoms with E-state index in [1.54, 1.807) is 0 Å². The Morgan fingerprint density at radius 3 is 2.57 bits per heavy atom. The van der Waals surface area contributed by atoms with Crippen molar-refractivity contribution < 1.29 is 9.53 Å². The van der Waals surface area contributed by atoms with Crippen molar-refractivity contribution >= 4 is 6.09 Å². The van der Waals surface area contributed by atoms with E-state index in [2.05, 4.69) is 24.1 Å². The zero-order valence-corrected chi connectivity index (χ0v) is 14.4. The van der Waals surface area contributed by atoms with Crippen LogP contribution in [0.15, 0.2) is 0 Å². The number of nitrogens with one attached hydrogen (secondary N) is 1. The summed E-state index contributed by atoms with van der Waals surface area (Å²) < 4.78 is 5.48. The first-order valence-corrected chi connectivity index (χ1v) is 8.30. The van der Waals surface area contributed by atoms with Crippen LogP contribution in [0.1, 0.15) is 47.5 Å². The van der Waals surface area contributed by atoms with Gasteiger partial charge >= 0.3 is 6.09 Å². The smallest absolute Gasteiger partial charge is 0.410 e. The Balaban J connectivity index is 2.32. The third-order valence-corrected chi connectivity index (χ3v) is 3.88. The van der Waals surface area contributed by atoms with Crippen molar-refractivity contribution in [2.24, 2.45) is 0 Å². The standard InChI is InChI=1S/C16H33N3O2/c1-6-18(7-2)12-10-17-13-14-9-8-11-19(14)15(20)21-16(3,4)5/h14,17H,6-13H2,1-5H3. The molecule has 0 radical (unpaired) electrons. The molecule has 5 heteroatoms. The number of amides is 1. The van der Waals surface area contributed by atoms with E-state index in [0.717, 1.165) is 52.1 Å². The van der Waals surface area contributed by atoms with Gasteiger partial charge in [-0.25, -0.2) is 4.79 Å². The molecule has 124 valence electrons. The van der Waals surface area contributed by atoms with Crippen LogP contribution in [-0.4, -0.2) is 66.8 Å². The van der Waals surface area contributed by atoms with Crippen molar-refractivity contribution in [2.75, 3.05) is 39.3 Å². The summed E-state index contributed by atoms with van der Waals surface area (Å²) in [5.41, 5.74) is -0.416. The van der Waals surface area contributed by atoms with Crippen molar-refractivity contribution in [3.05, 3.63) is 0 Å². The number of nitrogens with zero attached hydrogens (tertiary/aromatic N) is 2. The van der Waals surface area contributed by atoms with Gasteiger partial charge in [-0.1, -0.05) is 13.8 Å². The first kappa shape index (κ1) is 18.2. The highest BCUT2D eigenvalue weighted by Gasteiger charge is 2.31. The molecule has 0 aliphatic carbocycles. The first-order chi connectivity index (χ1) is 9.87. The first-order valence-electron chi connectivity index (χ1n) is 8.30. The Hall–Kier alpha value is -0.810. The lowest BCUT2D eigenvalue weighted by molar-refractivity contribution is 0.0226. The van der Waals surface area contributed by atoms with Gasteiger partial charge in [-0.05, 0) is 46.7 Å². The molecule has 1 aliphatic heterocycles. The van der Waals surface area contributed by atoms with E-state index in [-0.39, 0.29) is 12.1 Å². The summed E-state index contributed by atoms with van der Waals surface area (Å²) in [6.07, 6.45) is 1.97. The van der Waals surface area contributed by atoms with Crippen molar-refractivity contribution in [1.82, 2.24) is 15.1 Å². The van der Waals surface area contributed by atoms with Crippen molar-refractivity contribution in [2.45, 2.75) is 59.1 Å². The highest BCUT2D eigenvalue weighted by molar-refractivity contribution is 5.69. The van der Waals surface area contributed by atoms with Crippen LogP contribution >= 0.6 is 0 Å². The molecule has 0 bridgehead atoms. The predicted octanol–water partition coefficient (Wildman–Crippen LogP) is 2.32. The number of ether oxygens (including phenoxy) is 1. The lowest BCUT2D eigenvalue weighted by atomic mass is 10.2. The molecule has 1 saturated heterocycles. The molecule has 1 unspecified atom stereocenters. The molecule has 1 aliphatic rings. The van der Waals surface area contributed by atoms with Gasteiger partial charge in [-0.3, -0.25) is 0 Å². The lowest BCUT2D eigenvalue weighted by Gasteiger charge is -2.29. The summed E-state index contributed by atoms with van der Waals surface area (Å²) >= 11 is 0. The van der Waals surface area contributed by atoms with E-state index >= 15 is 0 Å². The van der Waals surface area contributed by atoms with Gasteiger partial charge in [0.15, 0.2) is 0 Å². The molecule has 1 atom stereocenters. The predicted molar refractivity (Wildman–Crippen MR) is 86.6 cm³/mol. The van der Waals surface area contributed by atoms with Gasteiger partial charge in [0.2, 0.25) is 0 Å². The molecule has 1 heterocycles. The highest BCUT2D eigenvalue weighted by atomic mass is 16.6. The van der Waals surface area contributed by atoms with Crippen LogP contribution in [0.25, 0.3) is 0 Å². The zero-order chi connectivity index (χ0) is 15.9. The third-order valence-electron chi connectivity index (χ3n) is 3.88. The summed E-state index contributed by atoms with van der Waals surface area (Å²) in [7, 11) is 0. The SMILES string of the molecule is CCN(CC)CCNCC1CCCN1C(=O)OC(C)(C)C. The van der Waals surface area contributed by atoms with Crippen LogP contribution < -0.4 is 5.32 Å². The Labute approximate surface area is 130 Å². The van der Waals surface area contributed by atoms with Gasteiger partial charge in [0, 0.05) is 32.2 Å². The second-order valence-electron chi connectivity index (χ2n) is 6.70. The molecule has 0 aromatic rings. The van der Waals surface area contributed by atoms with E-state index < -0.39 is 5.60 Å². The summed E-state index contributed by atoms with van der Waals surface area (Å²) in [6, 6.07) is 0.275. The molecular weight excluding hydrogens is 266 g/mol. The maximum atomic E-state index is 12.2. The monoisotopic (exact) mass is 299 g/mol. The minimum Gasteiger partial charge on any atom is -0.444 e. The Bertz CT molecular complexity index is 311. The van der Waals surface area contributed by atoms with E-state index in [9.17, 15) is 4.79 Å². The molecule has 1 rings (SSSR count). The molecule has 0 saturated carbocycles. The molecule has 1 N–H and O–H groups in total. The molecule has 0 aromatic carbocycles. The number of carbonyl (C=O) groups is 1. The molecule has 0 spiro atoms. The fraction of sp³-hybridized carbons (Fsp3) is 0.938. The lowest BCUT2D eigenvalue weighted by Crippen LogP contribution is -2.45. The number of hydrogen-bond acceptors (Lipinski definition) is 4. The summed E-state index contributed by atoms with van der Waals surface area (Å²) in [5, 5.41) is 3.48. The number of likely N-dealkylation sites (N-methyl/N-ethyl adjacent to an activating group) is 1. The van der Waals surface area contributed by atoms with Crippen molar-refractivity contribution in [1.29, 1.82) is 0 Å². The van der Waals surface area contributed by atoms with Gasteiger partial charge in [0.1, 0.15) is 5.60 Å². The molecule has 21 heavy (non-hydrogen) atoms. The van der Waals surface area contributed by atoms with E-state index in [1.807, 2.05) is 25.7 Å².